The molecular weight excluding hydrogens is 216 g/mol. The highest BCUT2D eigenvalue weighted by Gasteiger charge is 2.20. The third-order valence-corrected chi connectivity index (χ3v) is 2.91. The zero-order valence-electron chi connectivity index (χ0n) is 10.3. The first-order valence-electron chi connectivity index (χ1n) is 6.21. The van der Waals surface area contributed by atoms with Crippen LogP contribution in [0, 0.1) is 0 Å². The summed E-state index contributed by atoms with van der Waals surface area (Å²) >= 11 is 0. The standard InChI is InChI=1S/C12H20N4O/c1-2-3-10-7-14-12(15-8-10)16-4-5-17-11(6-13)9-16/h7-8,11H,2-6,9,13H2,1H3. The van der Waals surface area contributed by atoms with Crippen LogP contribution in [0.4, 0.5) is 5.95 Å². The lowest BCUT2D eigenvalue weighted by molar-refractivity contribution is 0.0460. The van der Waals surface area contributed by atoms with Gasteiger partial charge in [-0.05, 0) is 12.0 Å². The molecule has 0 amide bonds. The van der Waals surface area contributed by atoms with E-state index in [9.17, 15) is 0 Å². The number of nitrogens with two attached hydrogens (primary N) is 1. The number of nitrogens with zero attached hydrogens (tertiary/aromatic N) is 3. The molecule has 1 unspecified atom stereocenters. The van der Waals surface area contributed by atoms with Crippen molar-refractivity contribution in [2.75, 3.05) is 31.1 Å². The van der Waals surface area contributed by atoms with E-state index in [1.165, 1.54) is 5.56 Å². The summed E-state index contributed by atoms with van der Waals surface area (Å²) < 4.78 is 5.52. The molecule has 0 radical (unpaired) electrons. The van der Waals surface area contributed by atoms with Gasteiger partial charge in [0.15, 0.2) is 0 Å². The van der Waals surface area contributed by atoms with E-state index in [2.05, 4.69) is 21.8 Å². The van der Waals surface area contributed by atoms with Crippen LogP contribution in [0.2, 0.25) is 0 Å². The normalized spacial score (nSPS) is 20.6. The lowest BCUT2D eigenvalue weighted by atomic mass is 10.2. The Morgan fingerprint density at radius 2 is 2.24 bits per heavy atom. The summed E-state index contributed by atoms with van der Waals surface area (Å²) in [4.78, 5) is 11.0. The molecule has 0 aliphatic carbocycles. The third-order valence-electron chi connectivity index (χ3n) is 2.91. The topological polar surface area (TPSA) is 64.3 Å². The number of ether oxygens (including phenoxy) is 1. The van der Waals surface area contributed by atoms with Crippen molar-refractivity contribution in [1.82, 2.24) is 9.97 Å². The van der Waals surface area contributed by atoms with E-state index in [0.29, 0.717) is 13.2 Å². The van der Waals surface area contributed by atoms with Crippen LogP contribution in [-0.2, 0) is 11.2 Å². The van der Waals surface area contributed by atoms with Crippen molar-refractivity contribution in [3.63, 3.8) is 0 Å². The van der Waals surface area contributed by atoms with Gasteiger partial charge in [-0.15, -0.1) is 0 Å². The lowest BCUT2D eigenvalue weighted by Gasteiger charge is -2.32. The van der Waals surface area contributed by atoms with Gasteiger partial charge in [0.25, 0.3) is 0 Å². The van der Waals surface area contributed by atoms with Crippen molar-refractivity contribution in [2.45, 2.75) is 25.9 Å². The minimum atomic E-state index is 0.0997. The maximum absolute atomic E-state index is 5.61. The van der Waals surface area contributed by atoms with Crippen molar-refractivity contribution >= 4 is 5.95 Å². The van der Waals surface area contributed by atoms with Gasteiger partial charge in [0.05, 0.1) is 12.7 Å². The molecule has 1 aliphatic heterocycles. The molecule has 2 N–H and O–H groups in total. The molecule has 2 rings (SSSR count). The van der Waals surface area contributed by atoms with Crippen LogP contribution in [0.25, 0.3) is 0 Å². The van der Waals surface area contributed by atoms with Gasteiger partial charge in [-0.25, -0.2) is 9.97 Å². The Balaban J connectivity index is 2.01. The molecule has 1 aromatic heterocycles. The summed E-state index contributed by atoms with van der Waals surface area (Å²) in [6.45, 7) is 5.02. The van der Waals surface area contributed by atoms with Gasteiger partial charge in [-0.2, -0.15) is 0 Å². The van der Waals surface area contributed by atoms with Crippen molar-refractivity contribution in [3.8, 4) is 0 Å². The van der Waals surface area contributed by atoms with Gasteiger partial charge in [-0.1, -0.05) is 13.3 Å². The summed E-state index contributed by atoms with van der Waals surface area (Å²) in [5.74, 6) is 0.784. The number of aromatic nitrogens is 2. The zero-order valence-corrected chi connectivity index (χ0v) is 10.3. The van der Waals surface area contributed by atoms with Crippen LogP contribution < -0.4 is 10.6 Å². The maximum atomic E-state index is 5.61. The Hall–Kier alpha value is -1.20. The molecule has 1 aliphatic rings. The van der Waals surface area contributed by atoms with E-state index in [-0.39, 0.29) is 6.10 Å². The first kappa shape index (κ1) is 12.3. The average Bonchev–Trinajstić information content (AvgIpc) is 2.40. The largest absolute Gasteiger partial charge is 0.373 e. The zero-order chi connectivity index (χ0) is 12.1. The minimum Gasteiger partial charge on any atom is -0.373 e. The van der Waals surface area contributed by atoms with E-state index in [1.54, 1.807) is 0 Å². The highest BCUT2D eigenvalue weighted by molar-refractivity contribution is 5.30. The van der Waals surface area contributed by atoms with Gasteiger partial charge < -0.3 is 15.4 Å². The molecule has 17 heavy (non-hydrogen) atoms. The Morgan fingerprint density at radius 1 is 1.47 bits per heavy atom. The fourth-order valence-electron chi connectivity index (χ4n) is 1.97. The summed E-state index contributed by atoms with van der Waals surface area (Å²) in [6, 6.07) is 0. The van der Waals surface area contributed by atoms with Crippen molar-refractivity contribution in [1.29, 1.82) is 0 Å². The van der Waals surface area contributed by atoms with Crippen LogP contribution in [0.15, 0.2) is 12.4 Å². The second-order valence-corrected chi connectivity index (χ2v) is 4.32. The highest BCUT2D eigenvalue weighted by Crippen LogP contribution is 2.12. The molecule has 1 saturated heterocycles. The van der Waals surface area contributed by atoms with E-state index >= 15 is 0 Å². The van der Waals surface area contributed by atoms with Crippen LogP contribution in [0.5, 0.6) is 0 Å². The highest BCUT2D eigenvalue weighted by atomic mass is 16.5. The van der Waals surface area contributed by atoms with Crippen molar-refractivity contribution in [3.05, 3.63) is 18.0 Å². The minimum absolute atomic E-state index is 0.0997. The summed E-state index contributed by atoms with van der Waals surface area (Å²) in [5.41, 5.74) is 6.81. The molecule has 5 heteroatoms. The molecule has 0 saturated carbocycles. The van der Waals surface area contributed by atoms with Gasteiger partial charge in [0, 0.05) is 32.0 Å². The molecule has 1 aromatic rings. The number of anilines is 1. The number of hydrogen-bond acceptors (Lipinski definition) is 5. The summed E-state index contributed by atoms with van der Waals surface area (Å²) in [5, 5.41) is 0. The first-order valence-corrected chi connectivity index (χ1v) is 6.21. The molecule has 0 aromatic carbocycles. The second kappa shape index (κ2) is 5.93. The molecule has 5 nitrogen and oxygen atoms in total. The fraction of sp³-hybridized carbons (Fsp3) is 0.667. The monoisotopic (exact) mass is 236 g/mol. The number of aryl methyl sites for hydroxylation is 1. The van der Waals surface area contributed by atoms with Gasteiger partial charge in [0.2, 0.25) is 5.95 Å². The molecular formula is C12H20N4O. The van der Waals surface area contributed by atoms with Crippen LogP contribution in [0.3, 0.4) is 0 Å². The van der Waals surface area contributed by atoms with Crippen LogP contribution >= 0.6 is 0 Å². The first-order chi connectivity index (χ1) is 8.33. The Bertz CT molecular complexity index is 341. The molecule has 0 bridgehead atoms. The van der Waals surface area contributed by atoms with E-state index in [0.717, 1.165) is 31.9 Å². The number of morpholine rings is 1. The van der Waals surface area contributed by atoms with Gasteiger partial charge in [-0.3, -0.25) is 0 Å². The third kappa shape index (κ3) is 3.14. The Kier molecular flexibility index (Phi) is 4.28. The van der Waals surface area contributed by atoms with Crippen molar-refractivity contribution < 1.29 is 4.74 Å². The van der Waals surface area contributed by atoms with E-state index < -0.39 is 0 Å². The summed E-state index contributed by atoms with van der Waals surface area (Å²) in [7, 11) is 0. The Morgan fingerprint density at radius 3 is 2.88 bits per heavy atom. The fourth-order valence-corrected chi connectivity index (χ4v) is 1.97. The van der Waals surface area contributed by atoms with Crippen LogP contribution in [-0.4, -0.2) is 42.3 Å². The molecule has 1 fully saturated rings. The van der Waals surface area contributed by atoms with Gasteiger partial charge >= 0.3 is 0 Å². The maximum Gasteiger partial charge on any atom is 0.225 e. The predicted octanol–water partition coefficient (Wildman–Crippen LogP) is 0.593. The smallest absolute Gasteiger partial charge is 0.225 e. The molecule has 1 atom stereocenters. The SMILES string of the molecule is CCCc1cnc(N2CCOC(CN)C2)nc1. The van der Waals surface area contributed by atoms with Crippen LogP contribution in [0.1, 0.15) is 18.9 Å². The summed E-state index contributed by atoms with van der Waals surface area (Å²) in [6.07, 6.45) is 6.09. The molecule has 94 valence electrons. The average molecular weight is 236 g/mol. The molecule has 0 spiro atoms. The number of rotatable bonds is 4. The van der Waals surface area contributed by atoms with Gasteiger partial charge in [0.1, 0.15) is 0 Å². The Labute approximate surface area is 102 Å². The number of hydrogen-bond donors (Lipinski definition) is 1. The van der Waals surface area contributed by atoms with Crippen molar-refractivity contribution in [2.24, 2.45) is 5.73 Å². The lowest BCUT2D eigenvalue weighted by Crippen LogP contribution is -2.46. The predicted molar refractivity (Wildman–Crippen MR) is 67.0 cm³/mol. The quantitative estimate of drug-likeness (QED) is 0.829. The van der Waals surface area contributed by atoms with E-state index in [4.69, 9.17) is 10.5 Å². The second-order valence-electron chi connectivity index (χ2n) is 4.32. The molecule has 2 heterocycles. The van der Waals surface area contributed by atoms with E-state index in [1.807, 2.05) is 12.4 Å².